The van der Waals surface area contributed by atoms with Gasteiger partial charge in [0, 0.05) is 12.3 Å². The molecule has 94 valence electrons. The fourth-order valence-corrected chi connectivity index (χ4v) is 1.86. The number of hydrogen-bond donors (Lipinski definition) is 0. The summed E-state index contributed by atoms with van der Waals surface area (Å²) in [4.78, 5) is 21.6. The van der Waals surface area contributed by atoms with Gasteiger partial charge in [-0.1, -0.05) is 45.4 Å². The molecule has 0 aromatic carbocycles. The number of Topliss-reactive ketones (excluding diaryl/α,β-unsaturated/α-hetero) is 1. The van der Waals surface area contributed by atoms with Crippen LogP contribution in [0.15, 0.2) is 0 Å². The van der Waals surface area contributed by atoms with Crippen LogP contribution in [0.4, 0.5) is 0 Å². The summed E-state index contributed by atoms with van der Waals surface area (Å²) in [5, 5.41) is 0. The number of carbonyl (C=O) groups is 2. The molecule has 0 spiro atoms. The highest BCUT2D eigenvalue weighted by Gasteiger charge is 2.07. The first-order valence-electron chi connectivity index (χ1n) is 6.65. The summed E-state index contributed by atoms with van der Waals surface area (Å²) < 4.78 is 0. The van der Waals surface area contributed by atoms with Crippen molar-refractivity contribution >= 4 is 12.1 Å². The maximum atomic E-state index is 10.8. The molecule has 0 amide bonds. The highest BCUT2D eigenvalue weighted by Crippen LogP contribution is 2.15. The van der Waals surface area contributed by atoms with Crippen LogP contribution in [0.25, 0.3) is 0 Å². The first-order valence-corrected chi connectivity index (χ1v) is 6.65. The quantitative estimate of drug-likeness (QED) is 0.395. The zero-order valence-electron chi connectivity index (χ0n) is 10.8. The standard InChI is InChI=1S/C14H26O2/c1-3-4-5-6-7-8-9-14(12-15)11-10-13(2)16/h12,14H,3-11H2,1-2H3. The first kappa shape index (κ1) is 15.3. The average Bonchev–Trinajstić information content (AvgIpc) is 2.27. The SMILES string of the molecule is CCCCCCCCC(C=O)CCC(C)=O. The van der Waals surface area contributed by atoms with Crippen LogP contribution in [0, 0.1) is 5.92 Å². The molecule has 0 radical (unpaired) electrons. The monoisotopic (exact) mass is 226 g/mol. The predicted molar refractivity (Wildman–Crippen MR) is 67.5 cm³/mol. The minimum absolute atomic E-state index is 0.107. The molecule has 0 heterocycles. The Hall–Kier alpha value is -0.660. The number of hydrogen-bond acceptors (Lipinski definition) is 2. The van der Waals surface area contributed by atoms with Crippen LogP contribution in [0.2, 0.25) is 0 Å². The fraction of sp³-hybridized carbons (Fsp3) is 0.857. The maximum absolute atomic E-state index is 10.8. The number of rotatable bonds is 11. The highest BCUT2D eigenvalue weighted by molar-refractivity contribution is 5.75. The average molecular weight is 226 g/mol. The lowest BCUT2D eigenvalue weighted by atomic mass is 9.96. The summed E-state index contributed by atoms with van der Waals surface area (Å²) >= 11 is 0. The van der Waals surface area contributed by atoms with Crippen molar-refractivity contribution in [3.8, 4) is 0 Å². The van der Waals surface area contributed by atoms with Gasteiger partial charge >= 0.3 is 0 Å². The van der Waals surface area contributed by atoms with Gasteiger partial charge in [0.05, 0.1) is 0 Å². The Morgan fingerprint density at radius 3 is 2.25 bits per heavy atom. The summed E-state index contributed by atoms with van der Waals surface area (Å²) in [5.41, 5.74) is 0. The second kappa shape index (κ2) is 10.8. The Balaban J connectivity index is 3.40. The van der Waals surface area contributed by atoms with Crippen LogP contribution < -0.4 is 0 Å². The number of ketones is 1. The van der Waals surface area contributed by atoms with Crippen molar-refractivity contribution in [3.05, 3.63) is 0 Å². The Bertz CT molecular complexity index is 187. The van der Waals surface area contributed by atoms with E-state index in [1.165, 1.54) is 32.1 Å². The van der Waals surface area contributed by atoms with E-state index in [1.54, 1.807) is 6.92 Å². The summed E-state index contributed by atoms with van der Waals surface area (Å²) in [5.74, 6) is 0.296. The second-order valence-electron chi connectivity index (χ2n) is 4.69. The van der Waals surface area contributed by atoms with E-state index in [0.29, 0.717) is 6.42 Å². The smallest absolute Gasteiger partial charge is 0.129 e. The van der Waals surface area contributed by atoms with Gasteiger partial charge in [0.2, 0.25) is 0 Å². The summed E-state index contributed by atoms with van der Waals surface area (Å²) in [6.45, 7) is 3.80. The van der Waals surface area contributed by atoms with Gasteiger partial charge in [-0.15, -0.1) is 0 Å². The van der Waals surface area contributed by atoms with Gasteiger partial charge in [-0.2, -0.15) is 0 Å². The Labute approximate surface area is 99.8 Å². The third-order valence-corrected chi connectivity index (χ3v) is 2.99. The van der Waals surface area contributed by atoms with Crippen LogP contribution in [0.5, 0.6) is 0 Å². The van der Waals surface area contributed by atoms with E-state index >= 15 is 0 Å². The summed E-state index contributed by atoms with van der Waals surface area (Å²) in [7, 11) is 0. The molecule has 0 aromatic heterocycles. The van der Waals surface area contributed by atoms with Crippen molar-refractivity contribution in [1.29, 1.82) is 0 Å². The molecule has 0 saturated heterocycles. The van der Waals surface area contributed by atoms with E-state index in [9.17, 15) is 9.59 Å². The third kappa shape index (κ3) is 9.88. The molecule has 0 bridgehead atoms. The molecular formula is C14H26O2. The zero-order valence-corrected chi connectivity index (χ0v) is 10.8. The zero-order chi connectivity index (χ0) is 12.2. The van der Waals surface area contributed by atoms with E-state index in [2.05, 4.69) is 6.92 Å². The normalized spacial score (nSPS) is 12.4. The van der Waals surface area contributed by atoms with Crippen molar-refractivity contribution in [3.63, 3.8) is 0 Å². The lowest BCUT2D eigenvalue weighted by Gasteiger charge is -2.08. The van der Waals surface area contributed by atoms with Crippen LogP contribution in [0.3, 0.4) is 0 Å². The lowest BCUT2D eigenvalue weighted by molar-refractivity contribution is -0.117. The van der Waals surface area contributed by atoms with Crippen LogP contribution in [-0.4, -0.2) is 12.1 Å². The minimum atomic E-state index is 0.107. The van der Waals surface area contributed by atoms with Crippen molar-refractivity contribution in [2.75, 3.05) is 0 Å². The number of carbonyl (C=O) groups excluding carboxylic acids is 2. The van der Waals surface area contributed by atoms with Gasteiger partial charge in [0.1, 0.15) is 12.1 Å². The topological polar surface area (TPSA) is 34.1 Å². The Morgan fingerprint density at radius 1 is 1.06 bits per heavy atom. The van der Waals surface area contributed by atoms with Crippen molar-refractivity contribution in [1.82, 2.24) is 0 Å². The van der Waals surface area contributed by atoms with Gasteiger partial charge in [0.15, 0.2) is 0 Å². The molecule has 0 aliphatic carbocycles. The lowest BCUT2D eigenvalue weighted by Crippen LogP contribution is -2.04. The molecule has 1 atom stereocenters. The molecule has 0 fully saturated rings. The van der Waals surface area contributed by atoms with E-state index in [-0.39, 0.29) is 11.7 Å². The summed E-state index contributed by atoms with van der Waals surface area (Å²) in [6.07, 6.45) is 10.8. The molecule has 0 rings (SSSR count). The van der Waals surface area contributed by atoms with Crippen LogP contribution in [0.1, 0.15) is 71.6 Å². The second-order valence-corrected chi connectivity index (χ2v) is 4.69. The maximum Gasteiger partial charge on any atom is 0.129 e. The van der Waals surface area contributed by atoms with E-state index in [0.717, 1.165) is 25.5 Å². The molecule has 16 heavy (non-hydrogen) atoms. The van der Waals surface area contributed by atoms with Crippen molar-refractivity contribution in [2.45, 2.75) is 71.6 Å². The number of unbranched alkanes of at least 4 members (excludes halogenated alkanes) is 5. The largest absolute Gasteiger partial charge is 0.303 e. The van der Waals surface area contributed by atoms with Crippen molar-refractivity contribution in [2.24, 2.45) is 5.92 Å². The molecule has 0 aliphatic heterocycles. The van der Waals surface area contributed by atoms with E-state index < -0.39 is 0 Å². The van der Waals surface area contributed by atoms with Crippen LogP contribution in [-0.2, 0) is 9.59 Å². The van der Waals surface area contributed by atoms with Crippen molar-refractivity contribution < 1.29 is 9.59 Å². The predicted octanol–water partition coefficient (Wildman–Crippen LogP) is 3.92. The third-order valence-electron chi connectivity index (χ3n) is 2.99. The highest BCUT2D eigenvalue weighted by atomic mass is 16.1. The molecule has 0 saturated carbocycles. The fourth-order valence-electron chi connectivity index (χ4n) is 1.86. The Kier molecular flexibility index (Phi) is 10.4. The molecule has 2 heteroatoms. The molecule has 2 nitrogen and oxygen atoms in total. The van der Waals surface area contributed by atoms with Gasteiger partial charge in [0.25, 0.3) is 0 Å². The molecule has 0 N–H and O–H groups in total. The van der Waals surface area contributed by atoms with E-state index in [1.807, 2.05) is 0 Å². The molecule has 0 aromatic rings. The van der Waals surface area contributed by atoms with Gasteiger partial charge in [-0.05, 0) is 19.8 Å². The van der Waals surface area contributed by atoms with E-state index in [4.69, 9.17) is 0 Å². The minimum Gasteiger partial charge on any atom is -0.303 e. The molecule has 0 aliphatic rings. The molecular weight excluding hydrogens is 200 g/mol. The van der Waals surface area contributed by atoms with Crippen LogP contribution >= 0.6 is 0 Å². The number of aldehydes is 1. The Morgan fingerprint density at radius 2 is 1.69 bits per heavy atom. The van der Waals surface area contributed by atoms with Gasteiger partial charge in [-0.25, -0.2) is 0 Å². The summed E-state index contributed by atoms with van der Waals surface area (Å²) in [6, 6.07) is 0. The van der Waals surface area contributed by atoms with Gasteiger partial charge < -0.3 is 9.59 Å². The molecule has 1 unspecified atom stereocenters. The first-order chi connectivity index (χ1) is 7.70. The van der Waals surface area contributed by atoms with Gasteiger partial charge in [-0.3, -0.25) is 0 Å².